The molecule has 0 aromatic heterocycles. The fourth-order valence-corrected chi connectivity index (χ4v) is 3.11. The number of rotatable bonds is 8. The third-order valence-corrected chi connectivity index (χ3v) is 4.63. The summed E-state index contributed by atoms with van der Waals surface area (Å²) in [6, 6.07) is 9.08. The number of carbonyl (C=O) groups excluding carboxylic acids is 3. The van der Waals surface area contributed by atoms with Crippen LogP contribution in [-0.2, 0) is 25.3 Å². The Hall–Kier alpha value is -2.59. The van der Waals surface area contributed by atoms with Crippen molar-refractivity contribution in [3.63, 3.8) is 0 Å². The van der Waals surface area contributed by atoms with Crippen LogP contribution < -0.4 is 10.6 Å². The number of benzene rings is 2. The molecule has 0 aliphatic heterocycles. The lowest BCUT2D eigenvalue weighted by Crippen LogP contribution is -2.21. The van der Waals surface area contributed by atoms with Crippen LogP contribution in [0.1, 0.15) is 24.8 Å². The minimum atomic E-state index is -4.51. The van der Waals surface area contributed by atoms with Gasteiger partial charge in [-0.1, -0.05) is 33.6 Å². The molecule has 166 valence electrons. The normalized spacial score (nSPS) is 11.0. The van der Waals surface area contributed by atoms with Crippen LogP contribution in [-0.4, -0.2) is 24.4 Å². The van der Waals surface area contributed by atoms with Crippen LogP contribution in [0, 0.1) is 0 Å². The van der Waals surface area contributed by atoms with Gasteiger partial charge in [-0.05, 0) is 42.8 Å². The molecule has 6 nitrogen and oxygen atoms in total. The lowest BCUT2D eigenvalue weighted by molar-refractivity contribution is -0.147. The maximum atomic E-state index is 12.7. The number of halogens is 5. The van der Waals surface area contributed by atoms with E-state index in [1.807, 2.05) is 0 Å². The van der Waals surface area contributed by atoms with Gasteiger partial charge in [0, 0.05) is 23.0 Å². The van der Waals surface area contributed by atoms with Crippen molar-refractivity contribution in [1.29, 1.82) is 0 Å². The highest BCUT2D eigenvalue weighted by molar-refractivity contribution is 9.10. The molecule has 0 saturated carbocycles. The van der Waals surface area contributed by atoms with E-state index in [0.717, 1.165) is 16.6 Å². The van der Waals surface area contributed by atoms with Crippen molar-refractivity contribution in [2.75, 3.05) is 17.2 Å². The lowest BCUT2D eigenvalue weighted by atomic mass is 10.2. The molecule has 0 atom stereocenters. The number of ether oxygens (including phenoxy) is 1. The van der Waals surface area contributed by atoms with Gasteiger partial charge >= 0.3 is 12.1 Å². The Kier molecular flexibility index (Phi) is 8.88. The first kappa shape index (κ1) is 24.7. The second kappa shape index (κ2) is 11.1. The lowest BCUT2D eigenvalue weighted by Gasteiger charge is -2.10. The Balaban J connectivity index is 1.69. The van der Waals surface area contributed by atoms with Crippen molar-refractivity contribution in [3.8, 4) is 0 Å². The largest absolute Gasteiger partial charge is 0.456 e. The number of hydrogen-bond acceptors (Lipinski definition) is 4. The molecule has 2 aromatic rings. The molecule has 0 bridgehead atoms. The Morgan fingerprint density at radius 3 is 2.42 bits per heavy atom. The summed E-state index contributed by atoms with van der Waals surface area (Å²) in [4.78, 5) is 35.4. The number of nitrogens with one attached hydrogen (secondary N) is 2. The van der Waals surface area contributed by atoms with Crippen molar-refractivity contribution >= 4 is 56.7 Å². The second-order valence-corrected chi connectivity index (χ2v) is 7.64. The SMILES string of the molecule is O=C(CCCC(=O)OCC(=O)Nc1ccc(Br)cc1Cl)Nc1cccc(C(F)(F)F)c1. The molecule has 2 N–H and O–H groups in total. The van der Waals surface area contributed by atoms with E-state index < -0.39 is 36.1 Å². The van der Waals surface area contributed by atoms with Crippen LogP contribution in [0.15, 0.2) is 46.9 Å². The Bertz CT molecular complexity index is 970. The smallest absolute Gasteiger partial charge is 0.416 e. The summed E-state index contributed by atoms with van der Waals surface area (Å²) >= 11 is 9.21. The van der Waals surface area contributed by atoms with Crippen molar-refractivity contribution < 1.29 is 32.3 Å². The van der Waals surface area contributed by atoms with Crippen LogP contribution in [0.4, 0.5) is 24.5 Å². The van der Waals surface area contributed by atoms with Crippen LogP contribution >= 0.6 is 27.5 Å². The van der Waals surface area contributed by atoms with E-state index in [1.165, 1.54) is 12.1 Å². The molecule has 0 aliphatic rings. The molecule has 2 amide bonds. The minimum Gasteiger partial charge on any atom is -0.456 e. The molecule has 0 fully saturated rings. The third-order valence-electron chi connectivity index (χ3n) is 3.83. The van der Waals surface area contributed by atoms with Crippen molar-refractivity contribution in [3.05, 3.63) is 57.5 Å². The predicted molar refractivity (Wildman–Crippen MR) is 113 cm³/mol. The highest BCUT2D eigenvalue weighted by Crippen LogP contribution is 2.30. The highest BCUT2D eigenvalue weighted by Gasteiger charge is 2.30. The standard InChI is InChI=1S/C20H17BrClF3N2O4/c21-13-7-8-16(15(22)10-13)27-18(29)11-31-19(30)6-2-5-17(28)26-14-4-1-3-12(9-14)20(23,24)25/h1,3-4,7-10H,2,5-6,11H2,(H,26,28)(H,27,29). The Morgan fingerprint density at radius 1 is 1.00 bits per heavy atom. The molecule has 0 unspecified atom stereocenters. The molecule has 0 spiro atoms. The zero-order chi connectivity index (χ0) is 23.0. The van der Waals surface area contributed by atoms with Crippen molar-refractivity contribution in [2.45, 2.75) is 25.4 Å². The first-order valence-corrected chi connectivity index (χ1v) is 10.1. The molecular formula is C20H17BrClF3N2O4. The summed E-state index contributed by atoms with van der Waals surface area (Å²) in [6.07, 6.45) is -4.66. The van der Waals surface area contributed by atoms with Crippen LogP contribution in [0.2, 0.25) is 5.02 Å². The van der Waals surface area contributed by atoms with Gasteiger partial charge < -0.3 is 15.4 Å². The fourth-order valence-electron chi connectivity index (χ4n) is 2.39. The van der Waals surface area contributed by atoms with E-state index in [4.69, 9.17) is 16.3 Å². The highest BCUT2D eigenvalue weighted by atomic mass is 79.9. The topological polar surface area (TPSA) is 84.5 Å². The maximum absolute atomic E-state index is 12.7. The fraction of sp³-hybridized carbons (Fsp3) is 0.250. The van der Waals surface area contributed by atoms with E-state index in [9.17, 15) is 27.6 Å². The van der Waals surface area contributed by atoms with E-state index in [-0.39, 0.29) is 24.9 Å². The van der Waals surface area contributed by atoms with Gasteiger partial charge in [-0.3, -0.25) is 14.4 Å². The summed E-state index contributed by atoms with van der Waals surface area (Å²) in [5.74, 6) is -1.82. The van der Waals surface area contributed by atoms with Crippen LogP contribution in [0.5, 0.6) is 0 Å². The first-order valence-electron chi connectivity index (χ1n) is 8.92. The summed E-state index contributed by atoms with van der Waals surface area (Å²) in [5, 5.41) is 5.15. The molecule has 0 saturated heterocycles. The zero-order valence-electron chi connectivity index (χ0n) is 15.9. The third kappa shape index (κ3) is 8.58. The zero-order valence-corrected chi connectivity index (χ0v) is 18.2. The van der Waals surface area contributed by atoms with Gasteiger partial charge in [-0.15, -0.1) is 0 Å². The molecular weight excluding hydrogens is 505 g/mol. The summed E-state index contributed by atoms with van der Waals surface area (Å²) in [5.41, 5.74) is -0.514. The molecule has 0 heterocycles. The molecule has 0 radical (unpaired) electrons. The van der Waals surface area contributed by atoms with E-state index in [0.29, 0.717) is 10.7 Å². The number of carbonyl (C=O) groups is 3. The quantitative estimate of drug-likeness (QED) is 0.455. The molecule has 11 heteroatoms. The van der Waals surface area contributed by atoms with Crippen LogP contribution in [0.25, 0.3) is 0 Å². The molecule has 2 aromatic carbocycles. The van der Waals surface area contributed by atoms with Crippen molar-refractivity contribution in [1.82, 2.24) is 0 Å². The van der Waals surface area contributed by atoms with Gasteiger partial charge in [0.2, 0.25) is 5.91 Å². The number of anilines is 2. The average molecular weight is 522 g/mol. The minimum absolute atomic E-state index is 0.00525. The molecule has 2 rings (SSSR count). The van der Waals surface area contributed by atoms with E-state index in [1.54, 1.807) is 18.2 Å². The van der Waals surface area contributed by atoms with E-state index in [2.05, 4.69) is 26.6 Å². The van der Waals surface area contributed by atoms with Gasteiger partial charge in [0.25, 0.3) is 5.91 Å². The second-order valence-electron chi connectivity index (χ2n) is 6.31. The predicted octanol–water partition coefficient (Wildman–Crippen LogP) is 5.41. The Labute approximate surface area is 189 Å². The number of hydrogen-bond donors (Lipinski definition) is 2. The monoisotopic (exact) mass is 520 g/mol. The average Bonchev–Trinajstić information content (AvgIpc) is 2.68. The van der Waals surface area contributed by atoms with Gasteiger partial charge in [0.05, 0.1) is 16.3 Å². The van der Waals surface area contributed by atoms with Gasteiger partial charge in [-0.25, -0.2) is 0 Å². The first-order chi connectivity index (χ1) is 14.5. The van der Waals surface area contributed by atoms with Gasteiger partial charge in [0.15, 0.2) is 6.61 Å². The maximum Gasteiger partial charge on any atom is 0.416 e. The number of esters is 1. The molecule has 0 aliphatic carbocycles. The van der Waals surface area contributed by atoms with Gasteiger partial charge in [-0.2, -0.15) is 13.2 Å². The summed E-state index contributed by atoms with van der Waals surface area (Å²) in [6.45, 7) is -0.526. The van der Waals surface area contributed by atoms with E-state index >= 15 is 0 Å². The summed E-state index contributed by atoms with van der Waals surface area (Å²) in [7, 11) is 0. The number of amides is 2. The Morgan fingerprint density at radius 2 is 1.74 bits per heavy atom. The molecule has 31 heavy (non-hydrogen) atoms. The van der Waals surface area contributed by atoms with Gasteiger partial charge in [0.1, 0.15) is 0 Å². The number of alkyl halides is 3. The van der Waals surface area contributed by atoms with Crippen LogP contribution in [0.3, 0.4) is 0 Å². The van der Waals surface area contributed by atoms with Crippen molar-refractivity contribution in [2.24, 2.45) is 0 Å². The summed E-state index contributed by atoms with van der Waals surface area (Å²) < 4.78 is 43.6.